The van der Waals surface area contributed by atoms with E-state index in [0.29, 0.717) is 30.3 Å². The summed E-state index contributed by atoms with van der Waals surface area (Å²) in [5.74, 6) is 1.04. The lowest BCUT2D eigenvalue weighted by Gasteiger charge is -2.07. The van der Waals surface area contributed by atoms with E-state index in [2.05, 4.69) is 34.4 Å². The van der Waals surface area contributed by atoms with E-state index in [1.54, 1.807) is 16.7 Å². The van der Waals surface area contributed by atoms with Crippen molar-refractivity contribution in [1.82, 2.24) is 9.55 Å². The average molecular weight is 325 g/mol. The van der Waals surface area contributed by atoms with Crippen molar-refractivity contribution in [3.63, 3.8) is 0 Å². The molecule has 0 saturated heterocycles. The van der Waals surface area contributed by atoms with E-state index in [0.717, 1.165) is 17.9 Å². The highest BCUT2D eigenvalue weighted by atomic mass is 16.5. The van der Waals surface area contributed by atoms with Crippen LogP contribution in [0, 0.1) is 6.07 Å². The molecule has 0 unspecified atom stereocenters. The molecule has 1 aliphatic rings. The Hall–Kier alpha value is -3.07. The Morgan fingerprint density at radius 2 is 2.38 bits per heavy atom. The van der Waals surface area contributed by atoms with Crippen LogP contribution in [0.1, 0.15) is 13.8 Å². The number of fused-ring (bicyclic) bond motifs is 1. The van der Waals surface area contributed by atoms with Crippen LogP contribution in [0.3, 0.4) is 0 Å². The Labute approximate surface area is 141 Å². The number of hydrogen-bond acceptors (Lipinski definition) is 4. The third kappa shape index (κ3) is 4.71. The molecular weight excluding hydrogens is 304 g/mol. The van der Waals surface area contributed by atoms with E-state index in [1.165, 1.54) is 0 Å². The molecule has 2 rings (SSSR count). The minimum absolute atomic E-state index is 0.298. The highest BCUT2D eigenvalue weighted by Crippen LogP contribution is 2.16. The Kier molecular flexibility index (Phi) is 5.74. The SMILES string of the molecule is C=C(C#[N+]C(=C)C=CC)C=C(C)COc1cc2n(c(=O)n1)CCN2. The standard InChI is InChI=1S/C18H20N4O2/c1-5-6-15(4)20-11-13(2)9-14(3)12-24-17-10-16-19-7-8-22(16)18(23)21-17/h5-6,9-10H,2,4,7-8,12H2,1,3H3/p+1. The van der Waals surface area contributed by atoms with Crippen LogP contribution in [0.15, 0.2) is 59.1 Å². The van der Waals surface area contributed by atoms with Gasteiger partial charge in [0, 0.05) is 25.2 Å². The zero-order chi connectivity index (χ0) is 17.5. The van der Waals surface area contributed by atoms with Crippen LogP contribution in [-0.2, 0) is 6.54 Å². The second kappa shape index (κ2) is 7.97. The molecule has 0 aliphatic carbocycles. The van der Waals surface area contributed by atoms with Crippen LogP contribution in [0.2, 0.25) is 0 Å². The maximum absolute atomic E-state index is 11.8. The van der Waals surface area contributed by atoms with Gasteiger partial charge >= 0.3 is 17.5 Å². The van der Waals surface area contributed by atoms with Gasteiger partial charge in [0.25, 0.3) is 0 Å². The summed E-state index contributed by atoms with van der Waals surface area (Å²) in [6, 6.07) is 4.54. The predicted octanol–water partition coefficient (Wildman–Crippen LogP) is 2.97. The average Bonchev–Trinajstić information content (AvgIpc) is 3.00. The second-order valence-electron chi connectivity index (χ2n) is 5.36. The molecule has 0 fully saturated rings. The van der Waals surface area contributed by atoms with Crippen molar-refractivity contribution in [2.24, 2.45) is 0 Å². The molecule has 6 nitrogen and oxygen atoms in total. The molecule has 0 aromatic carbocycles. The third-order valence-electron chi connectivity index (χ3n) is 3.20. The van der Waals surface area contributed by atoms with Gasteiger partial charge in [0.05, 0.1) is 5.57 Å². The largest absolute Gasteiger partial charge is 0.473 e. The topological polar surface area (TPSA) is 60.5 Å². The number of nitrogens with zero attached hydrogens (tertiary/aromatic N) is 3. The number of allylic oxidation sites excluding steroid dienone is 4. The first-order valence-corrected chi connectivity index (χ1v) is 7.62. The van der Waals surface area contributed by atoms with Crippen LogP contribution in [0.25, 0.3) is 4.85 Å². The van der Waals surface area contributed by atoms with Crippen molar-refractivity contribution in [3.8, 4) is 11.9 Å². The van der Waals surface area contributed by atoms with Crippen LogP contribution < -0.4 is 15.7 Å². The van der Waals surface area contributed by atoms with E-state index in [-0.39, 0.29) is 5.69 Å². The molecule has 0 atom stereocenters. The molecule has 6 heteroatoms. The molecule has 2 heterocycles. The summed E-state index contributed by atoms with van der Waals surface area (Å²) in [6.07, 6.45) is 5.45. The fourth-order valence-corrected chi connectivity index (χ4v) is 2.15. The van der Waals surface area contributed by atoms with Gasteiger partial charge in [-0.2, -0.15) is 4.98 Å². The summed E-state index contributed by atoms with van der Waals surface area (Å²) in [5.41, 5.74) is 1.83. The minimum atomic E-state index is -0.304. The molecule has 0 saturated carbocycles. The molecule has 1 aromatic rings. The maximum atomic E-state index is 11.8. The van der Waals surface area contributed by atoms with Gasteiger partial charge in [-0.1, -0.05) is 12.7 Å². The van der Waals surface area contributed by atoms with Gasteiger partial charge < -0.3 is 10.1 Å². The Morgan fingerprint density at radius 3 is 3.12 bits per heavy atom. The van der Waals surface area contributed by atoms with Gasteiger partial charge in [0.15, 0.2) is 0 Å². The van der Waals surface area contributed by atoms with E-state index < -0.39 is 0 Å². The zero-order valence-electron chi connectivity index (χ0n) is 14.0. The molecule has 124 valence electrons. The van der Waals surface area contributed by atoms with Gasteiger partial charge in [0.2, 0.25) is 5.88 Å². The second-order valence-corrected chi connectivity index (χ2v) is 5.36. The monoisotopic (exact) mass is 325 g/mol. The highest BCUT2D eigenvalue weighted by molar-refractivity contribution is 5.42. The van der Waals surface area contributed by atoms with E-state index in [9.17, 15) is 4.79 Å². The minimum Gasteiger partial charge on any atom is -0.473 e. The van der Waals surface area contributed by atoms with Crippen LogP contribution in [0.4, 0.5) is 5.82 Å². The smallest absolute Gasteiger partial charge is 0.352 e. The Bertz CT molecular complexity index is 835. The fourth-order valence-electron chi connectivity index (χ4n) is 2.15. The molecule has 0 radical (unpaired) electrons. The first-order chi connectivity index (χ1) is 11.5. The predicted molar refractivity (Wildman–Crippen MR) is 96.6 cm³/mol. The fraction of sp³-hybridized carbons (Fsp3) is 0.278. The van der Waals surface area contributed by atoms with E-state index in [4.69, 9.17) is 4.74 Å². The maximum Gasteiger partial charge on any atom is 0.352 e. The molecule has 24 heavy (non-hydrogen) atoms. The number of ether oxygens (including phenoxy) is 1. The summed E-state index contributed by atoms with van der Waals surface area (Å²) >= 11 is 0. The van der Waals surface area contributed by atoms with Crippen molar-refractivity contribution in [2.45, 2.75) is 20.4 Å². The molecule has 1 N–H and O–H groups in total. The summed E-state index contributed by atoms with van der Waals surface area (Å²) in [4.78, 5) is 19.8. The van der Waals surface area contributed by atoms with Crippen LogP contribution >= 0.6 is 0 Å². The summed E-state index contributed by atoms with van der Waals surface area (Å²) in [7, 11) is 0. The molecule has 0 spiro atoms. The van der Waals surface area contributed by atoms with Crippen molar-refractivity contribution in [2.75, 3.05) is 18.5 Å². The van der Waals surface area contributed by atoms with Gasteiger partial charge in [-0.15, -0.1) is 0 Å². The summed E-state index contributed by atoms with van der Waals surface area (Å²) in [6.45, 7) is 13.1. The van der Waals surface area contributed by atoms with Crippen LogP contribution in [0.5, 0.6) is 5.88 Å². The van der Waals surface area contributed by atoms with Crippen molar-refractivity contribution < 1.29 is 4.74 Å². The van der Waals surface area contributed by atoms with Crippen molar-refractivity contribution >= 4 is 5.82 Å². The third-order valence-corrected chi connectivity index (χ3v) is 3.20. The number of anilines is 1. The highest BCUT2D eigenvalue weighted by Gasteiger charge is 2.13. The number of nitrogens with one attached hydrogen (secondary N) is 1. The Balaban J connectivity index is 1.96. The Morgan fingerprint density at radius 1 is 1.58 bits per heavy atom. The number of hydrogen-bond donors (Lipinski definition) is 1. The van der Waals surface area contributed by atoms with Crippen LogP contribution in [-0.4, -0.2) is 22.7 Å². The lowest BCUT2D eigenvalue weighted by molar-refractivity contribution is 0.335. The molecule has 1 aromatic heterocycles. The molecule has 0 amide bonds. The first kappa shape index (κ1) is 17.3. The number of rotatable bonds is 5. The first-order valence-electron chi connectivity index (χ1n) is 7.62. The molecular formula is C18H21N4O2+. The van der Waals surface area contributed by atoms with Gasteiger partial charge in [-0.25, -0.2) is 4.79 Å². The summed E-state index contributed by atoms with van der Waals surface area (Å²) in [5, 5.41) is 3.12. The van der Waals surface area contributed by atoms with E-state index >= 15 is 0 Å². The zero-order valence-corrected chi connectivity index (χ0v) is 14.0. The van der Waals surface area contributed by atoms with Crippen molar-refractivity contribution in [3.05, 3.63) is 69.6 Å². The van der Waals surface area contributed by atoms with Crippen molar-refractivity contribution in [1.29, 1.82) is 0 Å². The lowest BCUT2D eigenvalue weighted by atomic mass is 10.2. The molecule has 1 aliphatic heterocycles. The van der Waals surface area contributed by atoms with Gasteiger partial charge in [-0.05, 0) is 36.9 Å². The normalized spacial score (nSPS) is 13.0. The number of aromatic nitrogens is 2. The quantitative estimate of drug-likeness (QED) is 0.668. The van der Waals surface area contributed by atoms with Gasteiger partial charge in [-0.3, -0.25) is 4.57 Å². The van der Waals surface area contributed by atoms with E-state index in [1.807, 2.05) is 26.0 Å². The molecule has 0 bridgehead atoms. The van der Waals surface area contributed by atoms with Gasteiger partial charge in [0.1, 0.15) is 12.4 Å². The summed E-state index contributed by atoms with van der Waals surface area (Å²) < 4.78 is 7.16. The lowest BCUT2D eigenvalue weighted by Crippen LogP contribution is -2.21.